The lowest BCUT2D eigenvalue weighted by Gasteiger charge is -2.22. The van der Waals surface area contributed by atoms with E-state index in [9.17, 15) is 4.79 Å². The lowest BCUT2D eigenvalue weighted by molar-refractivity contribution is -0.138. The summed E-state index contributed by atoms with van der Waals surface area (Å²) in [6.07, 6.45) is 3.11. The van der Waals surface area contributed by atoms with E-state index in [1.54, 1.807) is 31.5 Å². The summed E-state index contributed by atoms with van der Waals surface area (Å²) < 4.78 is 0. The van der Waals surface area contributed by atoms with Crippen LogP contribution in [-0.4, -0.2) is 16.1 Å². The van der Waals surface area contributed by atoms with Crippen LogP contribution in [0.1, 0.15) is 18.9 Å². The van der Waals surface area contributed by atoms with Crippen molar-refractivity contribution in [1.29, 1.82) is 0 Å². The van der Waals surface area contributed by atoms with Gasteiger partial charge in [-0.25, -0.2) is 0 Å². The molecule has 0 fully saturated rings. The van der Waals surface area contributed by atoms with Gasteiger partial charge in [0.25, 0.3) is 0 Å². The van der Waals surface area contributed by atoms with Crippen LogP contribution in [0.3, 0.4) is 0 Å². The predicted molar refractivity (Wildman–Crippen MR) is 48.0 cm³/mol. The molecule has 1 aromatic rings. The van der Waals surface area contributed by atoms with E-state index < -0.39 is 11.5 Å². The molecule has 1 aromatic heterocycles. The van der Waals surface area contributed by atoms with Gasteiger partial charge in [0.05, 0.1) is 12.0 Å². The van der Waals surface area contributed by atoms with Crippen molar-refractivity contribution in [2.45, 2.75) is 18.9 Å². The molecule has 0 bridgehead atoms. The molecule has 70 valence electrons. The highest BCUT2D eigenvalue weighted by Gasteiger charge is 2.24. The van der Waals surface area contributed by atoms with Crippen molar-refractivity contribution >= 4 is 5.97 Å². The Balaban J connectivity index is 2.87. The van der Waals surface area contributed by atoms with E-state index in [4.69, 9.17) is 10.8 Å². The molecule has 1 unspecified atom stereocenters. The molecule has 4 nitrogen and oxygen atoms in total. The zero-order valence-electron chi connectivity index (χ0n) is 7.40. The zero-order chi connectivity index (χ0) is 9.90. The van der Waals surface area contributed by atoms with E-state index >= 15 is 0 Å². The Labute approximate surface area is 76.4 Å². The van der Waals surface area contributed by atoms with Gasteiger partial charge in [0.1, 0.15) is 0 Å². The lowest BCUT2D eigenvalue weighted by atomic mass is 9.91. The lowest BCUT2D eigenvalue weighted by Crippen LogP contribution is -2.35. The topological polar surface area (TPSA) is 76.2 Å². The van der Waals surface area contributed by atoms with Crippen LogP contribution in [0.15, 0.2) is 24.5 Å². The third-order valence-corrected chi connectivity index (χ3v) is 1.84. The highest BCUT2D eigenvalue weighted by molar-refractivity contribution is 5.68. The molecule has 0 aliphatic carbocycles. The minimum absolute atomic E-state index is 0.0985. The van der Waals surface area contributed by atoms with Gasteiger partial charge in [-0.1, -0.05) is 6.07 Å². The number of hydrogen-bond acceptors (Lipinski definition) is 3. The molecule has 1 atom stereocenters. The molecule has 0 aliphatic heterocycles. The number of hydrogen-bond donors (Lipinski definition) is 2. The number of nitrogens with two attached hydrogens (primary N) is 1. The van der Waals surface area contributed by atoms with Crippen LogP contribution in [0.4, 0.5) is 0 Å². The minimum atomic E-state index is -0.908. The van der Waals surface area contributed by atoms with Crippen molar-refractivity contribution in [3.8, 4) is 0 Å². The summed E-state index contributed by atoms with van der Waals surface area (Å²) in [6, 6.07) is 3.51. The molecule has 3 N–H and O–H groups in total. The van der Waals surface area contributed by atoms with Crippen molar-refractivity contribution in [3.05, 3.63) is 30.1 Å². The van der Waals surface area contributed by atoms with Gasteiger partial charge in [0, 0.05) is 12.4 Å². The smallest absolute Gasteiger partial charge is 0.305 e. The van der Waals surface area contributed by atoms with Crippen molar-refractivity contribution in [2.75, 3.05) is 0 Å². The summed E-state index contributed by atoms with van der Waals surface area (Å²) in [4.78, 5) is 14.4. The first-order valence-electron chi connectivity index (χ1n) is 3.93. The fourth-order valence-electron chi connectivity index (χ4n) is 1.12. The number of carboxylic acids is 1. The number of aromatic nitrogens is 1. The summed E-state index contributed by atoms with van der Waals surface area (Å²) >= 11 is 0. The molecule has 4 heteroatoms. The fraction of sp³-hybridized carbons (Fsp3) is 0.333. The molecule has 13 heavy (non-hydrogen) atoms. The third-order valence-electron chi connectivity index (χ3n) is 1.84. The molecule has 1 rings (SSSR count). The predicted octanol–water partition coefficient (Wildman–Crippen LogP) is 0.730. The summed E-state index contributed by atoms with van der Waals surface area (Å²) in [6.45, 7) is 1.68. The Kier molecular flexibility index (Phi) is 2.63. The van der Waals surface area contributed by atoms with Crippen molar-refractivity contribution in [3.63, 3.8) is 0 Å². The molecule has 0 amide bonds. The second kappa shape index (κ2) is 3.53. The van der Waals surface area contributed by atoms with Gasteiger partial charge < -0.3 is 10.8 Å². The number of pyridine rings is 1. The maximum absolute atomic E-state index is 10.5. The molecular weight excluding hydrogens is 168 g/mol. The number of carboxylic acid groups (broad SMARTS) is 1. The van der Waals surface area contributed by atoms with E-state index in [0.29, 0.717) is 0 Å². The van der Waals surface area contributed by atoms with Gasteiger partial charge in [-0.3, -0.25) is 9.78 Å². The summed E-state index contributed by atoms with van der Waals surface area (Å²) in [7, 11) is 0. The highest BCUT2D eigenvalue weighted by Crippen LogP contribution is 2.19. The van der Waals surface area contributed by atoms with Gasteiger partial charge in [0.2, 0.25) is 0 Å². The molecule has 0 saturated heterocycles. The Bertz CT molecular complexity index is 296. The second-order valence-corrected chi connectivity index (χ2v) is 3.23. The SMILES string of the molecule is CC(N)(CC(=O)O)c1cccnc1. The fourth-order valence-corrected chi connectivity index (χ4v) is 1.12. The summed E-state index contributed by atoms with van der Waals surface area (Å²) in [5.74, 6) is -0.908. The normalized spacial score (nSPS) is 14.9. The average molecular weight is 180 g/mol. The van der Waals surface area contributed by atoms with E-state index in [2.05, 4.69) is 4.98 Å². The van der Waals surface area contributed by atoms with Gasteiger partial charge in [0.15, 0.2) is 0 Å². The van der Waals surface area contributed by atoms with E-state index in [1.165, 1.54) is 0 Å². The third kappa shape index (κ3) is 2.52. The maximum Gasteiger partial charge on any atom is 0.305 e. The quantitative estimate of drug-likeness (QED) is 0.719. The van der Waals surface area contributed by atoms with Crippen LogP contribution in [0.25, 0.3) is 0 Å². The Morgan fingerprint density at radius 1 is 1.77 bits per heavy atom. The molecule has 0 aromatic carbocycles. The Morgan fingerprint density at radius 3 is 2.92 bits per heavy atom. The van der Waals surface area contributed by atoms with Crippen LogP contribution in [-0.2, 0) is 10.3 Å². The van der Waals surface area contributed by atoms with Crippen LogP contribution in [0.2, 0.25) is 0 Å². The highest BCUT2D eigenvalue weighted by atomic mass is 16.4. The first kappa shape index (κ1) is 9.67. The largest absolute Gasteiger partial charge is 0.481 e. The number of nitrogens with zero attached hydrogens (tertiary/aromatic N) is 1. The first-order valence-corrected chi connectivity index (χ1v) is 3.93. The standard InChI is InChI=1S/C9H12N2O2/c1-9(10,5-8(12)13)7-3-2-4-11-6-7/h2-4,6H,5,10H2,1H3,(H,12,13). The molecule has 0 radical (unpaired) electrons. The molecular formula is C9H12N2O2. The summed E-state index contributed by atoms with van der Waals surface area (Å²) in [5, 5.41) is 8.61. The Morgan fingerprint density at radius 2 is 2.46 bits per heavy atom. The molecule has 1 heterocycles. The van der Waals surface area contributed by atoms with Crippen LogP contribution < -0.4 is 5.73 Å². The van der Waals surface area contributed by atoms with Crippen LogP contribution >= 0.6 is 0 Å². The Hall–Kier alpha value is -1.42. The van der Waals surface area contributed by atoms with Gasteiger partial charge in [-0.05, 0) is 18.6 Å². The van der Waals surface area contributed by atoms with Crippen LogP contribution in [0.5, 0.6) is 0 Å². The molecule has 0 spiro atoms. The average Bonchev–Trinajstić information content (AvgIpc) is 2.04. The summed E-state index contributed by atoms with van der Waals surface area (Å²) in [5.41, 5.74) is 5.70. The van der Waals surface area contributed by atoms with E-state index in [0.717, 1.165) is 5.56 Å². The van der Waals surface area contributed by atoms with E-state index in [1.807, 2.05) is 0 Å². The monoisotopic (exact) mass is 180 g/mol. The molecule has 0 saturated carbocycles. The number of carbonyl (C=O) groups is 1. The molecule has 0 aliphatic rings. The van der Waals surface area contributed by atoms with Crippen LogP contribution in [0, 0.1) is 0 Å². The van der Waals surface area contributed by atoms with Crippen molar-refractivity contribution in [2.24, 2.45) is 5.73 Å². The van der Waals surface area contributed by atoms with E-state index in [-0.39, 0.29) is 6.42 Å². The number of aliphatic carboxylic acids is 1. The maximum atomic E-state index is 10.5. The first-order chi connectivity index (χ1) is 6.02. The van der Waals surface area contributed by atoms with Gasteiger partial charge in [-0.15, -0.1) is 0 Å². The number of rotatable bonds is 3. The van der Waals surface area contributed by atoms with Gasteiger partial charge in [-0.2, -0.15) is 0 Å². The van der Waals surface area contributed by atoms with Crippen molar-refractivity contribution < 1.29 is 9.90 Å². The van der Waals surface area contributed by atoms with Gasteiger partial charge >= 0.3 is 5.97 Å². The zero-order valence-corrected chi connectivity index (χ0v) is 7.40. The second-order valence-electron chi connectivity index (χ2n) is 3.23. The van der Waals surface area contributed by atoms with Crippen molar-refractivity contribution in [1.82, 2.24) is 4.98 Å². The minimum Gasteiger partial charge on any atom is -0.481 e.